The highest BCUT2D eigenvalue weighted by Crippen LogP contribution is 2.31. The molecule has 0 aliphatic heterocycles. The van der Waals surface area contributed by atoms with Gasteiger partial charge in [-0.15, -0.1) is 0 Å². The van der Waals surface area contributed by atoms with Gasteiger partial charge < -0.3 is 9.84 Å². The monoisotopic (exact) mass is 361 g/mol. The van der Waals surface area contributed by atoms with Crippen LogP contribution in [0.4, 0.5) is 0 Å². The Morgan fingerprint density at radius 2 is 1.74 bits per heavy atom. The number of likely N-dealkylation sites (N-methyl/N-ethyl adjacent to an activating group) is 1. The molecule has 0 aromatic heterocycles. The largest absolute Gasteiger partial charge is 0.496 e. The van der Waals surface area contributed by atoms with Crippen molar-refractivity contribution in [2.45, 2.75) is 19.6 Å². The van der Waals surface area contributed by atoms with Gasteiger partial charge >= 0.3 is 0 Å². The Kier molecular flexibility index (Phi) is 6.28. The van der Waals surface area contributed by atoms with E-state index in [1.54, 1.807) is 7.11 Å². The van der Waals surface area contributed by atoms with Gasteiger partial charge in [-0.25, -0.2) is 0 Å². The summed E-state index contributed by atoms with van der Waals surface area (Å²) in [6.07, 6.45) is -0.496. The van der Waals surface area contributed by atoms with Crippen molar-refractivity contribution in [2.24, 2.45) is 0 Å². The van der Waals surface area contributed by atoms with Crippen molar-refractivity contribution in [3.63, 3.8) is 0 Å². The second kappa shape index (κ2) is 8.85. The van der Waals surface area contributed by atoms with Crippen LogP contribution >= 0.6 is 0 Å². The standard InChI is InChI=1S/C24H27NO2/c1-18-8-7-11-21(14-18)22-13-12-19(15-24(22)27-3)16-25(2)17-23(26)20-9-5-4-6-10-20/h4-15,23,26H,16-17H2,1-3H3. The SMILES string of the molecule is COc1cc(CN(C)CC(O)c2ccccc2)ccc1-c1cccc(C)c1. The van der Waals surface area contributed by atoms with Gasteiger partial charge in [0, 0.05) is 18.7 Å². The Morgan fingerprint density at radius 3 is 2.44 bits per heavy atom. The van der Waals surface area contributed by atoms with Gasteiger partial charge in [-0.05, 0) is 36.7 Å². The van der Waals surface area contributed by atoms with Gasteiger partial charge in [-0.3, -0.25) is 4.90 Å². The molecular weight excluding hydrogens is 334 g/mol. The zero-order valence-electron chi connectivity index (χ0n) is 16.2. The molecule has 0 spiro atoms. The number of hydrogen-bond donors (Lipinski definition) is 1. The Balaban J connectivity index is 1.72. The summed E-state index contributed by atoms with van der Waals surface area (Å²) >= 11 is 0. The van der Waals surface area contributed by atoms with Gasteiger partial charge in [-0.1, -0.05) is 72.3 Å². The fraction of sp³-hybridized carbons (Fsp3) is 0.250. The molecule has 0 aliphatic carbocycles. The molecule has 27 heavy (non-hydrogen) atoms. The highest BCUT2D eigenvalue weighted by Gasteiger charge is 2.12. The van der Waals surface area contributed by atoms with E-state index in [1.165, 1.54) is 5.56 Å². The Bertz CT molecular complexity index is 877. The van der Waals surface area contributed by atoms with Crippen LogP contribution < -0.4 is 4.74 Å². The molecule has 3 nitrogen and oxygen atoms in total. The molecule has 0 aliphatic rings. The molecule has 0 bridgehead atoms. The van der Waals surface area contributed by atoms with Gasteiger partial charge in [-0.2, -0.15) is 0 Å². The van der Waals surface area contributed by atoms with Crippen molar-refractivity contribution in [3.05, 3.63) is 89.5 Å². The lowest BCUT2D eigenvalue weighted by atomic mass is 10.0. The quantitative estimate of drug-likeness (QED) is 0.654. The topological polar surface area (TPSA) is 32.7 Å². The number of aryl methyl sites for hydroxylation is 1. The van der Waals surface area contributed by atoms with Crippen LogP contribution in [0.3, 0.4) is 0 Å². The van der Waals surface area contributed by atoms with E-state index in [9.17, 15) is 5.11 Å². The number of benzene rings is 3. The average molecular weight is 361 g/mol. The van der Waals surface area contributed by atoms with Crippen molar-refractivity contribution >= 4 is 0 Å². The second-order valence-electron chi connectivity index (χ2n) is 7.03. The number of rotatable bonds is 7. The summed E-state index contributed by atoms with van der Waals surface area (Å²) in [5.74, 6) is 0.870. The van der Waals surface area contributed by atoms with E-state index in [2.05, 4.69) is 54.3 Å². The van der Waals surface area contributed by atoms with Crippen molar-refractivity contribution < 1.29 is 9.84 Å². The van der Waals surface area contributed by atoms with Crippen LogP contribution in [0.15, 0.2) is 72.8 Å². The Labute approximate surface area is 161 Å². The van der Waals surface area contributed by atoms with E-state index < -0.39 is 6.10 Å². The molecular formula is C24H27NO2. The molecule has 3 heteroatoms. The van der Waals surface area contributed by atoms with E-state index in [0.29, 0.717) is 6.54 Å². The van der Waals surface area contributed by atoms with Crippen molar-refractivity contribution in [3.8, 4) is 16.9 Å². The minimum absolute atomic E-state index is 0.496. The number of aliphatic hydroxyl groups excluding tert-OH is 1. The van der Waals surface area contributed by atoms with Crippen LogP contribution in [-0.4, -0.2) is 30.7 Å². The maximum Gasteiger partial charge on any atom is 0.127 e. The smallest absolute Gasteiger partial charge is 0.127 e. The van der Waals surface area contributed by atoms with Gasteiger partial charge in [0.1, 0.15) is 5.75 Å². The molecule has 0 heterocycles. The van der Waals surface area contributed by atoms with Gasteiger partial charge in [0.2, 0.25) is 0 Å². The molecule has 1 N–H and O–H groups in total. The lowest BCUT2D eigenvalue weighted by Crippen LogP contribution is -2.24. The fourth-order valence-electron chi connectivity index (χ4n) is 3.34. The maximum atomic E-state index is 10.4. The van der Waals surface area contributed by atoms with Crippen LogP contribution in [0.1, 0.15) is 22.8 Å². The van der Waals surface area contributed by atoms with Crippen molar-refractivity contribution in [1.82, 2.24) is 4.90 Å². The maximum absolute atomic E-state index is 10.4. The van der Waals surface area contributed by atoms with Gasteiger partial charge in [0.15, 0.2) is 0 Å². The van der Waals surface area contributed by atoms with Crippen LogP contribution in [0.25, 0.3) is 11.1 Å². The van der Waals surface area contributed by atoms with Crippen LogP contribution in [0.2, 0.25) is 0 Å². The van der Waals surface area contributed by atoms with Crippen LogP contribution in [-0.2, 0) is 6.54 Å². The summed E-state index contributed by atoms with van der Waals surface area (Å²) < 4.78 is 5.64. The van der Waals surface area contributed by atoms with Gasteiger partial charge in [0.05, 0.1) is 13.2 Å². The Hall–Kier alpha value is -2.62. The number of methoxy groups -OCH3 is 1. The van der Waals surface area contributed by atoms with Gasteiger partial charge in [0.25, 0.3) is 0 Å². The third kappa shape index (κ3) is 4.97. The number of nitrogens with zero attached hydrogens (tertiary/aromatic N) is 1. The summed E-state index contributed by atoms with van der Waals surface area (Å²) in [6.45, 7) is 3.41. The molecule has 0 radical (unpaired) electrons. The zero-order chi connectivity index (χ0) is 19.2. The minimum atomic E-state index is -0.496. The fourth-order valence-corrected chi connectivity index (χ4v) is 3.34. The van der Waals surface area contributed by atoms with E-state index in [-0.39, 0.29) is 0 Å². The predicted molar refractivity (Wildman–Crippen MR) is 111 cm³/mol. The average Bonchev–Trinajstić information content (AvgIpc) is 2.68. The third-order valence-electron chi connectivity index (χ3n) is 4.72. The van der Waals surface area contributed by atoms with Crippen molar-refractivity contribution in [2.75, 3.05) is 20.7 Å². The van der Waals surface area contributed by atoms with E-state index in [1.807, 2.05) is 37.4 Å². The molecule has 0 saturated heterocycles. The van der Waals surface area contributed by atoms with E-state index >= 15 is 0 Å². The predicted octanol–water partition coefficient (Wildman–Crippen LogP) is 4.84. The van der Waals surface area contributed by atoms with Crippen LogP contribution in [0.5, 0.6) is 5.75 Å². The first-order valence-corrected chi connectivity index (χ1v) is 9.22. The molecule has 140 valence electrons. The first-order valence-electron chi connectivity index (χ1n) is 9.22. The highest BCUT2D eigenvalue weighted by molar-refractivity contribution is 5.71. The van der Waals surface area contributed by atoms with Crippen molar-refractivity contribution in [1.29, 1.82) is 0 Å². The molecule has 0 fully saturated rings. The molecule has 0 saturated carbocycles. The molecule has 3 aromatic carbocycles. The highest BCUT2D eigenvalue weighted by atomic mass is 16.5. The lowest BCUT2D eigenvalue weighted by molar-refractivity contribution is 0.124. The summed E-state index contributed by atoms with van der Waals surface area (Å²) in [4.78, 5) is 2.12. The van der Waals surface area contributed by atoms with Crippen LogP contribution in [0, 0.1) is 6.92 Å². The normalized spacial score (nSPS) is 12.2. The lowest BCUT2D eigenvalue weighted by Gasteiger charge is -2.21. The van der Waals surface area contributed by atoms with E-state index in [4.69, 9.17) is 4.74 Å². The number of ether oxygens (including phenoxy) is 1. The molecule has 1 unspecified atom stereocenters. The second-order valence-corrected chi connectivity index (χ2v) is 7.03. The number of hydrogen-bond acceptors (Lipinski definition) is 3. The molecule has 3 rings (SSSR count). The molecule has 1 atom stereocenters. The summed E-state index contributed by atoms with van der Waals surface area (Å²) in [6, 6.07) is 24.5. The summed E-state index contributed by atoms with van der Waals surface area (Å²) in [7, 11) is 3.73. The number of aliphatic hydroxyl groups is 1. The molecule has 0 amide bonds. The summed E-state index contributed by atoms with van der Waals surface area (Å²) in [5, 5.41) is 10.4. The minimum Gasteiger partial charge on any atom is -0.496 e. The first-order chi connectivity index (χ1) is 13.1. The third-order valence-corrected chi connectivity index (χ3v) is 4.72. The summed E-state index contributed by atoms with van der Waals surface area (Å²) in [5.41, 5.74) is 5.58. The van der Waals surface area contributed by atoms with E-state index in [0.717, 1.165) is 34.5 Å². The first kappa shape index (κ1) is 19.2. The Morgan fingerprint density at radius 1 is 0.963 bits per heavy atom. The zero-order valence-corrected chi connectivity index (χ0v) is 16.2. The molecule has 3 aromatic rings.